The Kier molecular flexibility index (Phi) is 6.53. The summed E-state index contributed by atoms with van der Waals surface area (Å²) in [4.78, 5) is 27.5. The first-order valence-electron chi connectivity index (χ1n) is 8.96. The van der Waals surface area contributed by atoms with Gasteiger partial charge in [0.2, 0.25) is 5.91 Å². The predicted molar refractivity (Wildman–Crippen MR) is 108 cm³/mol. The third-order valence-corrected chi connectivity index (χ3v) is 5.31. The molecule has 1 aliphatic rings. The fraction of sp³-hybridized carbons (Fsp3) is 0.333. The van der Waals surface area contributed by atoms with Gasteiger partial charge in [-0.3, -0.25) is 14.5 Å². The van der Waals surface area contributed by atoms with Crippen molar-refractivity contribution in [3.05, 3.63) is 69.7 Å². The van der Waals surface area contributed by atoms with Gasteiger partial charge in [0.05, 0.1) is 12.5 Å². The number of carbonyl (C=O) groups is 2. The Morgan fingerprint density at radius 2 is 1.30 bits per heavy atom. The lowest BCUT2D eigenvalue weighted by Gasteiger charge is -2.39. The van der Waals surface area contributed by atoms with E-state index in [4.69, 9.17) is 23.2 Å². The largest absolute Gasteiger partial charge is 0.340 e. The van der Waals surface area contributed by atoms with Gasteiger partial charge in [0, 0.05) is 36.2 Å². The number of rotatable bonds is 5. The minimum absolute atomic E-state index is 0.0161. The number of carbonyl (C=O) groups excluding carboxylic acids is 2. The molecule has 0 saturated carbocycles. The SMILES string of the molecule is CC(=O)CC(=O)N1CCN(C(c2ccc(Cl)cc2)c2ccc(Cl)cc2)CC1. The van der Waals surface area contributed by atoms with Gasteiger partial charge in [-0.25, -0.2) is 0 Å². The van der Waals surface area contributed by atoms with E-state index >= 15 is 0 Å². The van der Waals surface area contributed by atoms with E-state index in [9.17, 15) is 9.59 Å². The van der Waals surface area contributed by atoms with Crippen LogP contribution in [0.5, 0.6) is 0 Å². The van der Waals surface area contributed by atoms with E-state index in [-0.39, 0.29) is 24.2 Å². The Morgan fingerprint density at radius 1 is 0.852 bits per heavy atom. The molecule has 142 valence electrons. The van der Waals surface area contributed by atoms with E-state index in [1.165, 1.54) is 6.92 Å². The van der Waals surface area contributed by atoms with Gasteiger partial charge in [-0.2, -0.15) is 0 Å². The van der Waals surface area contributed by atoms with Gasteiger partial charge in [-0.15, -0.1) is 0 Å². The highest BCUT2D eigenvalue weighted by Crippen LogP contribution is 2.31. The average Bonchev–Trinajstić information content (AvgIpc) is 2.65. The highest BCUT2D eigenvalue weighted by atomic mass is 35.5. The van der Waals surface area contributed by atoms with Gasteiger partial charge in [-0.05, 0) is 42.3 Å². The smallest absolute Gasteiger partial charge is 0.230 e. The van der Waals surface area contributed by atoms with E-state index in [0.717, 1.165) is 24.2 Å². The van der Waals surface area contributed by atoms with Crippen LogP contribution in [-0.4, -0.2) is 47.7 Å². The van der Waals surface area contributed by atoms with Gasteiger partial charge < -0.3 is 4.90 Å². The first-order chi connectivity index (χ1) is 12.9. The van der Waals surface area contributed by atoms with E-state index in [0.29, 0.717) is 23.1 Å². The number of hydrogen-bond acceptors (Lipinski definition) is 3. The molecule has 0 N–H and O–H groups in total. The number of halogens is 2. The topological polar surface area (TPSA) is 40.6 Å². The molecule has 0 atom stereocenters. The van der Waals surface area contributed by atoms with Crippen LogP contribution in [0.15, 0.2) is 48.5 Å². The molecule has 4 nitrogen and oxygen atoms in total. The minimum Gasteiger partial charge on any atom is -0.340 e. The second-order valence-electron chi connectivity index (χ2n) is 6.80. The maximum atomic E-state index is 12.2. The van der Waals surface area contributed by atoms with Gasteiger partial charge >= 0.3 is 0 Å². The lowest BCUT2D eigenvalue weighted by atomic mass is 9.96. The van der Waals surface area contributed by atoms with Crippen molar-refractivity contribution in [2.75, 3.05) is 26.2 Å². The van der Waals surface area contributed by atoms with Crippen LogP contribution >= 0.6 is 23.2 Å². The number of Topliss-reactive ketones (excluding diaryl/α,β-unsaturated/α-hetero) is 1. The fourth-order valence-electron chi connectivity index (χ4n) is 3.46. The Morgan fingerprint density at radius 3 is 1.70 bits per heavy atom. The highest BCUT2D eigenvalue weighted by Gasteiger charge is 2.28. The molecule has 1 aliphatic heterocycles. The van der Waals surface area contributed by atoms with E-state index in [1.54, 1.807) is 4.90 Å². The summed E-state index contributed by atoms with van der Waals surface area (Å²) in [5, 5.41) is 1.40. The Balaban J connectivity index is 1.80. The van der Waals surface area contributed by atoms with Crippen LogP contribution in [0.1, 0.15) is 30.5 Å². The summed E-state index contributed by atoms with van der Waals surface area (Å²) >= 11 is 12.1. The predicted octanol–water partition coefficient (Wildman–Crippen LogP) is 4.21. The lowest BCUT2D eigenvalue weighted by Crippen LogP contribution is -2.50. The van der Waals surface area contributed by atoms with E-state index in [2.05, 4.69) is 4.90 Å². The summed E-state index contributed by atoms with van der Waals surface area (Å²) in [5.41, 5.74) is 2.29. The maximum Gasteiger partial charge on any atom is 0.230 e. The second-order valence-corrected chi connectivity index (χ2v) is 7.67. The number of amides is 1. The van der Waals surface area contributed by atoms with Crippen LogP contribution < -0.4 is 0 Å². The number of hydrogen-bond donors (Lipinski definition) is 0. The van der Waals surface area contributed by atoms with E-state index in [1.807, 2.05) is 48.5 Å². The normalized spacial score (nSPS) is 15.2. The first kappa shape index (κ1) is 19.9. The zero-order valence-electron chi connectivity index (χ0n) is 15.2. The number of nitrogens with zero attached hydrogens (tertiary/aromatic N) is 2. The third-order valence-electron chi connectivity index (χ3n) is 4.80. The molecular weight excluding hydrogens is 383 g/mol. The van der Waals surface area contributed by atoms with Crippen molar-refractivity contribution in [3.63, 3.8) is 0 Å². The van der Waals surface area contributed by atoms with Crippen LogP contribution in [0.25, 0.3) is 0 Å². The van der Waals surface area contributed by atoms with Crippen LogP contribution in [0.3, 0.4) is 0 Å². The maximum absolute atomic E-state index is 12.2. The second kappa shape index (κ2) is 8.87. The summed E-state index contributed by atoms with van der Waals surface area (Å²) in [6.07, 6.45) is -0.0161. The summed E-state index contributed by atoms with van der Waals surface area (Å²) < 4.78 is 0. The molecule has 0 radical (unpaired) electrons. The molecule has 0 aliphatic carbocycles. The molecule has 0 aromatic heterocycles. The monoisotopic (exact) mass is 404 g/mol. The summed E-state index contributed by atoms with van der Waals surface area (Å²) in [6.45, 7) is 4.15. The van der Waals surface area contributed by atoms with Crippen LogP contribution in [-0.2, 0) is 9.59 Å². The third kappa shape index (κ3) is 5.10. The Hall–Kier alpha value is -1.88. The number of piperazine rings is 1. The van der Waals surface area contributed by atoms with Crippen LogP contribution in [0.2, 0.25) is 10.0 Å². The standard InChI is InChI=1S/C21H22Cl2N2O2/c1-15(26)14-20(27)24-10-12-25(13-11-24)21(16-2-6-18(22)7-3-16)17-4-8-19(23)9-5-17/h2-9,21H,10-14H2,1H3. The van der Waals surface area contributed by atoms with Gasteiger partial charge in [-0.1, -0.05) is 47.5 Å². The molecule has 6 heteroatoms. The number of ketones is 1. The van der Waals surface area contributed by atoms with Crippen molar-refractivity contribution < 1.29 is 9.59 Å². The van der Waals surface area contributed by atoms with Gasteiger partial charge in [0.15, 0.2) is 0 Å². The van der Waals surface area contributed by atoms with Crippen LogP contribution in [0, 0.1) is 0 Å². The van der Waals surface area contributed by atoms with E-state index < -0.39 is 0 Å². The van der Waals surface area contributed by atoms with Gasteiger partial charge in [0.25, 0.3) is 0 Å². The first-order valence-corrected chi connectivity index (χ1v) is 9.72. The summed E-state index contributed by atoms with van der Waals surface area (Å²) in [5.74, 6) is -0.181. The molecule has 1 saturated heterocycles. The van der Waals surface area contributed by atoms with Crippen molar-refractivity contribution in [2.24, 2.45) is 0 Å². The minimum atomic E-state index is -0.0948. The van der Waals surface area contributed by atoms with Crippen molar-refractivity contribution >= 4 is 34.9 Å². The van der Waals surface area contributed by atoms with Crippen LogP contribution in [0.4, 0.5) is 0 Å². The summed E-state index contributed by atoms with van der Waals surface area (Å²) in [6, 6.07) is 15.8. The zero-order valence-corrected chi connectivity index (χ0v) is 16.7. The molecule has 1 fully saturated rings. The Labute approximate surface area is 169 Å². The van der Waals surface area contributed by atoms with Crippen molar-refractivity contribution in [2.45, 2.75) is 19.4 Å². The zero-order chi connectivity index (χ0) is 19.4. The van der Waals surface area contributed by atoms with Gasteiger partial charge in [0.1, 0.15) is 5.78 Å². The van der Waals surface area contributed by atoms with Crippen molar-refractivity contribution in [3.8, 4) is 0 Å². The Bertz CT molecular complexity index is 752. The van der Waals surface area contributed by atoms with Crippen molar-refractivity contribution in [1.29, 1.82) is 0 Å². The molecular formula is C21H22Cl2N2O2. The molecule has 0 unspecified atom stereocenters. The molecule has 3 rings (SSSR count). The molecule has 0 bridgehead atoms. The molecule has 27 heavy (non-hydrogen) atoms. The lowest BCUT2D eigenvalue weighted by molar-refractivity contribution is -0.136. The summed E-state index contributed by atoms with van der Waals surface area (Å²) in [7, 11) is 0. The van der Waals surface area contributed by atoms with Crippen molar-refractivity contribution in [1.82, 2.24) is 9.80 Å². The highest BCUT2D eigenvalue weighted by molar-refractivity contribution is 6.30. The quantitative estimate of drug-likeness (QED) is 0.700. The molecule has 0 spiro atoms. The molecule has 2 aromatic rings. The molecule has 2 aromatic carbocycles. The fourth-order valence-corrected chi connectivity index (χ4v) is 3.71. The number of benzene rings is 2. The average molecular weight is 405 g/mol. The molecule has 1 amide bonds. The molecule has 1 heterocycles.